The summed E-state index contributed by atoms with van der Waals surface area (Å²) in [6.07, 6.45) is -2.31. The molecule has 6 nitrogen and oxygen atoms in total. The van der Waals surface area contributed by atoms with Gasteiger partial charge in [-0.25, -0.2) is 0 Å². The van der Waals surface area contributed by atoms with E-state index >= 15 is 0 Å². The first kappa shape index (κ1) is 22.0. The summed E-state index contributed by atoms with van der Waals surface area (Å²) >= 11 is 0. The van der Waals surface area contributed by atoms with Crippen molar-refractivity contribution in [1.82, 2.24) is 4.57 Å². The Hall–Kier alpha value is -2.22. The first-order chi connectivity index (χ1) is 14.8. The zero-order chi connectivity index (χ0) is 22.3. The normalized spacial score (nSPS) is 26.5. The van der Waals surface area contributed by atoms with Gasteiger partial charge < -0.3 is 29.7 Å². The van der Waals surface area contributed by atoms with Crippen LogP contribution in [0.5, 0.6) is 0 Å². The van der Waals surface area contributed by atoms with E-state index in [-0.39, 0.29) is 0 Å². The van der Waals surface area contributed by atoms with Gasteiger partial charge in [0.2, 0.25) is 0 Å². The van der Waals surface area contributed by atoms with Crippen LogP contribution in [0.2, 0.25) is 0 Å². The second kappa shape index (κ2) is 8.73. The SMILES string of the molecule is CCc1ccc(Cc2cn([C@@H]3O[C@H](CO)[C@@H](O)[C@H](O)[C@H]3O)c3c(C)ccc(C)c23)cc1. The van der Waals surface area contributed by atoms with E-state index in [9.17, 15) is 20.4 Å². The van der Waals surface area contributed by atoms with Crippen molar-refractivity contribution < 1.29 is 25.2 Å². The van der Waals surface area contributed by atoms with E-state index in [4.69, 9.17) is 4.74 Å². The van der Waals surface area contributed by atoms with Crippen molar-refractivity contribution in [3.05, 3.63) is 70.4 Å². The van der Waals surface area contributed by atoms with Crippen LogP contribution in [-0.2, 0) is 17.6 Å². The molecule has 0 radical (unpaired) electrons. The number of hydrogen-bond acceptors (Lipinski definition) is 5. The third kappa shape index (κ3) is 3.90. The monoisotopic (exact) mass is 425 g/mol. The van der Waals surface area contributed by atoms with Crippen molar-refractivity contribution >= 4 is 10.9 Å². The highest BCUT2D eigenvalue weighted by Crippen LogP contribution is 2.36. The number of hydrogen-bond donors (Lipinski definition) is 4. The first-order valence-corrected chi connectivity index (χ1v) is 10.8. The lowest BCUT2D eigenvalue weighted by Gasteiger charge is -2.40. The van der Waals surface area contributed by atoms with Gasteiger partial charge in [-0.1, -0.05) is 43.3 Å². The summed E-state index contributed by atoms with van der Waals surface area (Å²) in [4.78, 5) is 0. The minimum absolute atomic E-state index is 0.449. The Morgan fingerprint density at radius 1 is 0.871 bits per heavy atom. The van der Waals surface area contributed by atoms with Gasteiger partial charge in [0.25, 0.3) is 0 Å². The number of aromatic nitrogens is 1. The summed E-state index contributed by atoms with van der Waals surface area (Å²) in [5, 5.41) is 41.9. The van der Waals surface area contributed by atoms with Gasteiger partial charge in [0.15, 0.2) is 6.23 Å². The predicted molar refractivity (Wildman–Crippen MR) is 119 cm³/mol. The number of aliphatic hydroxyl groups excluding tert-OH is 4. The van der Waals surface area contributed by atoms with E-state index in [2.05, 4.69) is 44.2 Å². The van der Waals surface area contributed by atoms with Crippen LogP contribution in [0.1, 0.15) is 41.0 Å². The number of rotatable bonds is 5. The van der Waals surface area contributed by atoms with Crippen LogP contribution >= 0.6 is 0 Å². The maximum atomic E-state index is 10.7. The minimum Gasteiger partial charge on any atom is -0.394 e. The number of ether oxygens (including phenoxy) is 1. The Kier molecular flexibility index (Phi) is 6.19. The molecule has 4 rings (SSSR count). The maximum absolute atomic E-state index is 10.7. The van der Waals surface area contributed by atoms with Gasteiger partial charge in [0, 0.05) is 11.6 Å². The predicted octanol–water partition coefficient (Wildman–Crippen LogP) is 2.38. The molecule has 166 valence electrons. The molecule has 4 N–H and O–H groups in total. The molecule has 1 aromatic heterocycles. The van der Waals surface area contributed by atoms with Gasteiger partial charge in [-0.2, -0.15) is 0 Å². The van der Waals surface area contributed by atoms with Crippen LogP contribution < -0.4 is 0 Å². The molecule has 1 aliphatic heterocycles. The quantitative estimate of drug-likeness (QED) is 0.504. The molecule has 5 atom stereocenters. The van der Waals surface area contributed by atoms with E-state index < -0.39 is 37.3 Å². The van der Waals surface area contributed by atoms with Crippen molar-refractivity contribution in [1.29, 1.82) is 0 Å². The highest BCUT2D eigenvalue weighted by atomic mass is 16.6. The Morgan fingerprint density at radius 3 is 2.16 bits per heavy atom. The summed E-state index contributed by atoms with van der Waals surface area (Å²) in [6, 6.07) is 12.7. The molecule has 3 aromatic rings. The molecule has 1 aliphatic rings. The molecule has 6 heteroatoms. The third-order valence-corrected chi connectivity index (χ3v) is 6.43. The molecule has 0 aliphatic carbocycles. The summed E-state index contributed by atoms with van der Waals surface area (Å²) in [5.74, 6) is 0. The fourth-order valence-corrected chi connectivity index (χ4v) is 4.59. The molecular formula is C25H31NO5. The van der Waals surface area contributed by atoms with Crippen LogP contribution in [0.25, 0.3) is 10.9 Å². The van der Waals surface area contributed by atoms with Crippen molar-refractivity contribution in [2.75, 3.05) is 6.61 Å². The van der Waals surface area contributed by atoms with Crippen LogP contribution in [0, 0.1) is 13.8 Å². The van der Waals surface area contributed by atoms with Crippen molar-refractivity contribution in [3.63, 3.8) is 0 Å². The van der Waals surface area contributed by atoms with Gasteiger partial charge in [-0.3, -0.25) is 0 Å². The second-order valence-electron chi connectivity index (χ2n) is 8.55. The topological polar surface area (TPSA) is 95.1 Å². The fraction of sp³-hybridized carbons (Fsp3) is 0.440. The lowest BCUT2D eigenvalue weighted by atomic mass is 9.98. The largest absolute Gasteiger partial charge is 0.394 e. The third-order valence-electron chi connectivity index (χ3n) is 6.43. The van der Waals surface area contributed by atoms with Gasteiger partial charge >= 0.3 is 0 Å². The average Bonchev–Trinajstić information content (AvgIpc) is 3.15. The lowest BCUT2D eigenvalue weighted by Crippen LogP contribution is -2.56. The molecule has 0 spiro atoms. The fourth-order valence-electron chi connectivity index (χ4n) is 4.59. The highest BCUT2D eigenvalue weighted by molar-refractivity contribution is 5.90. The van der Waals surface area contributed by atoms with Gasteiger partial charge in [-0.15, -0.1) is 0 Å². The minimum atomic E-state index is -1.41. The molecule has 0 amide bonds. The summed E-state index contributed by atoms with van der Waals surface area (Å²) in [7, 11) is 0. The first-order valence-electron chi connectivity index (χ1n) is 10.8. The Labute approximate surface area is 182 Å². The highest BCUT2D eigenvalue weighted by Gasteiger charge is 2.44. The average molecular weight is 426 g/mol. The summed E-state index contributed by atoms with van der Waals surface area (Å²) in [6.45, 7) is 5.75. The molecule has 31 heavy (non-hydrogen) atoms. The van der Waals surface area contributed by atoms with Gasteiger partial charge in [0.05, 0.1) is 12.1 Å². The standard InChI is InChI=1S/C25H31NO5/c1-4-16-7-9-17(10-8-16)11-18-12-26(21-15(3)6-5-14(2)20(18)21)25-24(30)23(29)22(28)19(13-27)31-25/h5-10,12,19,22-25,27-30H,4,11,13H2,1-3H3/t19-,22-,23+,24-,25-/m1/s1. The van der Waals surface area contributed by atoms with E-state index in [0.717, 1.165) is 40.4 Å². The van der Waals surface area contributed by atoms with Crippen LogP contribution in [0.3, 0.4) is 0 Å². The van der Waals surface area contributed by atoms with Crippen LogP contribution in [-0.4, -0.2) is 56.0 Å². The maximum Gasteiger partial charge on any atom is 0.163 e. The Bertz CT molecular complexity index is 1060. The van der Waals surface area contributed by atoms with Crippen LogP contribution in [0.15, 0.2) is 42.6 Å². The number of aryl methyl sites for hydroxylation is 3. The van der Waals surface area contributed by atoms with Crippen LogP contribution in [0.4, 0.5) is 0 Å². The number of aliphatic hydroxyl groups is 4. The molecule has 0 saturated carbocycles. The number of nitrogens with zero attached hydrogens (tertiary/aromatic N) is 1. The number of benzene rings is 2. The number of fused-ring (bicyclic) bond motifs is 1. The summed E-state index contributed by atoms with van der Waals surface area (Å²) in [5.41, 5.74) is 6.63. The van der Waals surface area contributed by atoms with Gasteiger partial charge in [0.1, 0.15) is 24.4 Å². The molecule has 2 aromatic carbocycles. The van der Waals surface area contributed by atoms with E-state index in [0.29, 0.717) is 0 Å². The van der Waals surface area contributed by atoms with Gasteiger partial charge in [-0.05, 0) is 54.5 Å². The summed E-state index contributed by atoms with van der Waals surface area (Å²) < 4.78 is 7.71. The Morgan fingerprint density at radius 2 is 1.52 bits per heavy atom. The molecule has 1 fully saturated rings. The van der Waals surface area contributed by atoms with Crippen molar-refractivity contribution in [2.45, 2.75) is 64.3 Å². The van der Waals surface area contributed by atoms with E-state index in [1.165, 1.54) is 11.1 Å². The smallest absolute Gasteiger partial charge is 0.163 e. The second-order valence-corrected chi connectivity index (χ2v) is 8.55. The molecule has 2 heterocycles. The zero-order valence-corrected chi connectivity index (χ0v) is 18.2. The van der Waals surface area contributed by atoms with Crippen molar-refractivity contribution in [3.8, 4) is 0 Å². The molecule has 0 unspecified atom stereocenters. The lowest BCUT2D eigenvalue weighted by molar-refractivity contribution is -0.250. The van der Waals surface area contributed by atoms with Crippen molar-refractivity contribution in [2.24, 2.45) is 0 Å². The van der Waals surface area contributed by atoms with E-state index in [1.807, 2.05) is 23.8 Å². The molecular weight excluding hydrogens is 394 g/mol. The zero-order valence-electron chi connectivity index (χ0n) is 18.2. The molecule has 0 bridgehead atoms. The Balaban J connectivity index is 1.81. The molecule has 1 saturated heterocycles. The van der Waals surface area contributed by atoms with E-state index in [1.54, 1.807) is 0 Å².